The molecule has 1 aromatic rings. The molecule has 0 aromatic carbocycles. The lowest BCUT2D eigenvalue weighted by Gasteiger charge is -2.25. The van der Waals surface area contributed by atoms with E-state index in [2.05, 4.69) is 5.32 Å². The van der Waals surface area contributed by atoms with Crippen LogP contribution < -0.4 is 5.32 Å². The van der Waals surface area contributed by atoms with Crippen molar-refractivity contribution in [2.24, 2.45) is 0 Å². The van der Waals surface area contributed by atoms with Gasteiger partial charge in [-0.05, 0) is 6.07 Å². The van der Waals surface area contributed by atoms with Gasteiger partial charge >= 0.3 is 5.97 Å². The van der Waals surface area contributed by atoms with Gasteiger partial charge in [-0.15, -0.1) is 0 Å². The van der Waals surface area contributed by atoms with E-state index < -0.39 is 5.97 Å². The summed E-state index contributed by atoms with van der Waals surface area (Å²) in [6.45, 7) is 1.91. The number of aromatic carboxylic acids is 1. The summed E-state index contributed by atoms with van der Waals surface area (Å²) < 4.78 is 5.11. The maximum Gasteiger partial charge on any atom is 0.339 e. The minimum atomic E-state index is -1.01. The number of hydrogen-bond donors (Lipinski definition) is 2. The van der Waals surface area contributed by atoms with Crippen LogP contribution in [0.5, 0.6) is 0 Å². The number of nitrogens with one attached hydrogen (secondary N) is 1. The number of furan rings is 1. The van der Waals surface area contributed by atoms with Crippen LogP contribution in [-0.4, -0.2) is 41.5 Å². The van der Waals surface area contributed by atoms with E-state index in [1.807, 2.05) is 4.90 Å². The third kappa shape index (κ3) is 2.22. The minimum Gasteiger partial charge on any atom is -0.478 e. The van der Waals surface area contributed by atoms with Gasteiger partial charge in [0.2, 0.25) is 5.91 Å². The number of carboxylic acid groups (broad SMARTS) is 1. The largest absolute Gasteiger partial charge is 0.478 e. The van der Waals surface area contributed by atoms with Gasteiger partial charge < -0.3 is 14.8 Å². The second-order valence-electron chi connectivity index (χ2n) is 3.62. The molecule has 0 spiro atoms. The summed E-state index contributed by atoms with van der Waals surface area (Å²) in [6.07, 6.45) is 1.35. The highest BCUT2D eigenvalue weighted by molar-refractivity contribution is 5.88. The van der Waals surface area contributed by atoms with Crippen molar-refractivity contribution >= 4 is 11.9 Å². The molecule has 6 nitrogen and oxygen atoms in total. The Hall–Kier alpha value is -1.82. The number of carbonyl (C=O) groups excluding carboxylic acids is 1. The molecule has 6 heteroatoms. The topological polar surface area (TPSA) is 82.8 Å². The van der Waals surface area contributed by atoms with Crippen molar-refractivity contribution in [1.29, 1.82) is 0 Å². The van der Waals surface area contributed by atoms with Crippen LogP contribution in [0, 0.1) is 0 Å². The van der Waals surface area contributed by atoms with Crippen molar-refractivity contribution in [3.63, 3.8) is 0 Å². The molecule has 16 heavy (non-hydrogen) atoms. The van der Waals surface area contributed by atoms with Gasteiger partial charge in [0.1, 0.15) is 11.3 Å². The van der Waals surface area contributed by atoms with Gasteiger partial charge in [0.15, 0.2) is 0 Å². The van der Waals surface area contributed by atoms with Gasteiger partial charge in [-0.1, -0.05) is 0 Å². The van der Waals surface area contributed by atoms with Gasteiger partial charge in [-0.2, -0.15) is 0 Å². The van der Waals surface area contributed by atoms with Crippen LogP contribution >= 0.6 is 0 Å². The third-order valence-electron chi connectivity index (χ3n) is 2.46. The van der Waals surface area contributed by atoms with Crippen LogP contribution in [0.3, 0.4) is 0 Å². The lowest BCUT2D eigenvalue weighted by atomic mass is 10.2. The second-order valence-corrected chi connectivity index (χ2v) is 3.62. The minimum absolute atomic E-state index is 0.0466. The van der Waals surface area contributed by atoms with Gasteiger partial charge in [0, 0.05) is 13.1 Å². The molecule has 1 aliphatic rings. The SMILES string of the molecule is O=C1CN(Cc2occc2C(=O)O)CCN1. The quantitative estimate of drug-likeness (QED) is 0.749. The molecule has 1 saturated heterocycles. The molecule has 1 aromatic heterocycles. The maximum absolute atomic E-state index is 11.1. The Morgan fingerprint density at radius 2 is 2.44 bits per heavy atom. The zero-order valence-corrected chi connectivity index (χ0v) is 8.60. The van der Waals surface area contributed by atoms with E-state index >= 15 is 0 Å². The molecule has 0 atom stereocenters. The number of carbonyl (C=O) groups is 2. The zero-order valence-electron chi connectivity index (χ0n) is 8.60. The lowest BCUT2D eigenvalue weighted by molar-refractivity contribution is -0.124. The van der Waals surface area contributed by atoms with E-state index in [9.17, 15) is 9.59 Å². The Bertz CT molecular complexity index is 413. The molecular weight excluding hydrogens is 212 g/mol. The zero-order chi connectivity index (χ0) is 11.5. The summed E-state index contributed by atoms with van der Waals surface area (Å²) in [6, 6.07) is 1.42. The number of hydrogen-bond acceptors (Lipinski definition) is 4. The van der Waals surface area contributed by atoms with E-state index in [1.165, 1.54) is 12.3 Å². The summed E-state index contributed by atoms with van der Waals surface area (Å²) in [5.41, 5.74) is 0.158. The highest BCUT2D eigenvalue weighted by Crippen LogP contribution is 2.13. The van der Waals surface area contributed by atoms with Crippen molar-refractivity contribution in [2.75, 3.05) is 19.6 Å². The number of amides is 1. The predicted molar refractivity (Wildman–Crippen MR) is 54.0 cm³/mol. The van der Waals surface area contributed by atoms with Gasteiger partial charge in [0.25, 0.3) is 0 Å². The van der Waals surface area contributed by atoms with Crippen LogP contribution in [0.2, 0.25) is 0 Å². The maximum atomic E-state index is 11.1. The molecule has 1 amide bonds. The lowest BCUT2D eigenvalue weighted by Crippen LogP contribution is -2.47. The first-order valence-corrected chi connectivity index (χ1v) is 4.95. The third-order valence-corrected chi connectivity index (χ3v) is 2.46. The molecular formula is C10H12N2O4. The first kappa shape index (κ1) is 10.7. The molecule has 2 heterocycles. The van der Waals surface area contributed by atoms with Crippen molar-refractivity contribution in [3.8, 4) is 0 Å². The Balaban J connectivity index is 2.05. The fraction of sp³-hybridized carbons (Fsp3) is 0.400. The van der Waals surface area contributed by atoms with E-state index in [1.54, 1.807) is 0 Å². The van der Waals surface area contributed by atoms with Crippen LogP contribution in [0.25, 0.3) is 0 Å². The van der Waals surface area contributed by atoms with Gasteiger partial charge in [0.05, 0.1) is 19.4 Å². The molecule has 0 unspecified atom stereocenters. The standard InChI is InChI=1S/C10H12N2O4/c13-9-6-12(3-2-11-9)5-8-7(10(14)15)1-4-16-8/h1,4H,2-3,5-6H2,(H,11,13)(H,14,15). The molecule has 2 N–H and O–H groups in total. The smallest absolute Gasteiger partial charge is 0.339 e. The van der Waals surface area contributed by atoms with Crippen LogP contribution in [0.15, 0.2) is 16.7 Å². The Morgan fingerprint density at radius 1 is 1.62 bits per heavy atom. The first-order chi connectivity index (χ1) is 7.66. The summed E-state index contributed by atoms with van der Waals surface area (Å²) in [5, 5.41) is 11.6. The highest BCUT2D eigenvalue weighted by atomic mass is 16.4. The number of piperazine rings is 1. The van der Waals surface area contributed by atoms with Crippen LogP contribution in [-0.2, 0) is 11.3 Å². The molecule has 2 rings (SSSR count). The predicted octanol–water partition coefficient (Wildman–Crippen LogP) is -0.0904. The molecule has 1 aliphatic heterocycles. The van der Waals surface area contributed by atoms with Crippen molar-refractivity contribution in [2.45, 2.75) is 6.54 Å². The second kappa shape index (κ2) is 4.36. The molecule has 86 valence electrons. The fourth-order valence-electron chi connectivity index (χ4n) is 1.68. The number of carboxylic acids is 1. The summed E-state index contributed by atoms with van der Waals surface area (Å²) in [4.78, 5) is 23.8. The summed E-state index contributed by atoms with van der Waals surface area (Å²) >= 11 is 0. The number of rotatable bonds is 3. The van der Waals surface area contributed by atoms with Gasteiger partial charge in [-0.25, -0.2) is 4.79 Å². The van der Waals surface area contributed by atoms with Gasteiger partial charge in [-0.3, -0.25) is 9.69 Å². The van der Waals surface area contributed by atoms with Crippen LogP contribution in [0.1, 0.15) is 16.1 Å². The van der Waals surface area contributed by atoms with Crippen molar-refractivity contribution in [3.05, 3.63) is 23.7 Å². The summed E-state index contributed by atoms with van der Waals surface area (Å²) in [7, 11) is 0. The fourth-order valence-corrected chi connectivity index (χ4v) is 1.68. The van der Waals surface area contributed by atoms with Crippen LogP contribution in [0.4, 0.5) is 0 Å². The Kier molecular flexibility index (Phi) is 2.91. The average molecular weight is 224 g/mol. The monoisotopic (exact) mass is 224 g/mol. The molecule has 1 fully saturated rings. The summed E-state index contributed by atoms with van der Waals surface area (Å²) in [5.74, 6) is -0.665. The van der Waals surface area contributed by atoms with E-state index in [-0.39, 0.29) is 18.0 Å². The number of nitrogens with zero attached hydrogens (tertiary/aromatic N) is 1. The van der Waals surface area contributed by atoms with E-state index in [0.717, 1.165) is 0 Å². The van der Waals surface area contributed by atoms with E-state index in [0.29, 0.717) is 25.4 Å². The molecule has 0 aliphatic carbocycles. The molecule has 0 radical (unpaired) electrons. The molecule has 0 saturated carbocycles. The first-order valence-electron chi connectivity index (χ1n) is 4.95. The van der Waals surface area contributed by atoms with E-state index in [4.69, 9.17) is 9.52 Å². The molecule has 0 bridgehead atoms. The highest BCUT2D eigenvalue weighted by Gasteiger charge is 2.20. The Labute approximate surface area is 91.8 Å². The normalized spacial score (nSPS) is 17.1. The van der Waals surface area contributed by atoms with Crippen molar-refractivity contribution < 1.29 is 19.1 Å². The van der Waals surface area contributed by atoms with Crippen molar-refractivity contribution in [1.82, 2.24) is 10.2 Å². The average Bonchev–Trinajstić information content (AvgIpc) is 2.66. The Morgan fingerprint density at radius 3 is 3.12 bits per heavy atom.